The molecule has 8 N–H and O–H groups in total. The number of nitrogens with zero attached hydrogens (tertiary/aromatic N) is 1. The number of carboxylic acid groups (broad SMARTS) is 2. The lowest BCUT2D eigenvalue weighted by Gasteiger charge is -2.20. The van der Waals surface area contributed by atoms with Crippen molar-refractivity contribution in [3.8, 4) is 0 Å². The molecule has 0 unspecified atom stereocenters. The van der Waals surface area contributed by atoms with Crippen molar-refractivity contribution in [1.82, 2.24) is 10.6 Å². The van der Waals surface area contributed by atoms with Crippen molar-refractivity contribution >= 4 is 23.9 Å². The van der Waals surface area contributed by atoms with Gasteiger partial charge in [-0.25, -0.2) is 9.59 Å². The summed E-state index contributed by atoms with van der Waals surface area (Å²) in [6, 6.07) is 6.51. The molecule has 2 amide bonds. The van der Waals surface area contributed by atoms with Crippen LogP contribution >= 0.6 is 0 Å². The van der Waals surface area contributed by atoms with E-state index in [4.69, 9.17) is 16.6 Å². The van der Waals surface area contributed by atoms with Gasteiger partial charge in [0.05, 0.1) is 0 Å². The van der Waals surface area contributed by atoms with Crippen molar-refractivity contribution in [3.63, 3.8) is 0 Å². The number of carbonyl (C=O) groups is 3. The highest BCUT2D eigenvalue weighted by Crippen LogP contribution is 2.05. The molecule has 0 saturated carbocycles. The Kier molecular flexibility index (Phi) is 8.41. The van der Waals surface area contributed by atoms with Crippen LogP contribution in [0.15, 0.2) is 35.3 Å². The fraction of sp³-hybridized carbons (Fsp3) is 0.375. The van der Waals surface area contributed by atoms with Gasteiger partial charge in [-0.15, -0.1) is 0 Å². The molecular formula is C16H23N5O5. The molecule has 10 heteroatoms. The lowest BCUT2D eigenvalue weighted by atomic mass is 10.0. The van der Waals surface area contributed by atoms with Crippen molar-refractivity contribution in [1.29, 1.82) is 0 Å². The van der Waals surface area contributed by atoms with E-state index < -0.39 is 30.1 Å². The van der Waals surface area contributed by atoms with Gasteiger partial charge in [-0.05, 0) is 18.4 Å². The van der Waals surface area contributed by atoms with Crippen LogP contribution in [0.4, 0.5) is 4.79 Å². The van der Waals surface area contributed by atoms with Crippen LogP contribution in [0.5, 0.6) is 0 Å². The van der Waals surface area contributed by atoms with Crippen molar-refractivity contribution in [2.24, 2.45) is 16.5 Å². The van der Waals surface area contributed by atoms with Crippen molar-refractivity contribution in [2.45, 2.75) is 31.3 Å². The molecule has 0 aliphatic rings. The highest BCUT2D eigenvalue weighted by Gasteiger charge is 2.26. The van der Waals surface area contributed by atoms with Crippen LogP contribution < -0.4 is 22.1 Å². The van der Waals surface area contributed by atoms with Crippen LogP contribution in [0.3, 0.4) is 0 Å². The number of aliphatic carboxylic acids is 1. The molecule has 0 aliphatic heterocycles. The number of hydrogen-bond acceptors (Lipinski definition) is 4. The Balaban J connectivity index is 2.72. The van der Waals surface area contributed by atoms with E-state index in [1.54, 1.807) is 30.3 Å². The average molecular weight is 365 g/mol. The first-order valence-corrected chi connectivity index (χ1v) is 7.91. The first-order chi connectivity index (χ1) is 12.3. The van der Waals surface area contributed by atoms with E-state index in [-0.39, 0.29) is 25.3 Å². The summed E-state index contributed by atoms with van der Waals surface area (Å²) < 4.78 is 0. The van der Waals surface area contributed by atoms with Gasteiger partial charge >= 0.3 is 12.1 Å². The van der Waals surface area contributed by atoms with Gasteiger partial charge in [0.1, 0.15) is 12.1 Å². The molecule has 2 atom stereocenters. The maximum absolute atomic E-state index is 12.4. The molecule has 0 aromatic heterocycles. The summed E-state index contributed by atoms with van der Waals surface area (Å²) in [6.45, 7) is 0.225. The molecule has 0 aliphatic carbocycles. The van der Waals surface area contributed by atoms with Crippen LogP contribution in [0.1, 0.15) is 18.4 Å². The number of carbonyl (C=O) groups excluding carboxylic acids is 1. The highest BCUT2D eigenvalue weighted by molar-refractivity contribution is 5.89. The monoisotopic (exact) mass is 365 g/mol. The third-order valence-electron chi connectivity index (χ3n) is 3.46. The predicted octanol–water partition coefficient (Wildman–Crippen LogP) is -0.512. The van der Waals surface area contributed by atoms with Crippen LogP contribution in [-0.4, -0.2) is 52.8 Å². The van der Waals surface area contributed by atoms with Crippen LogP contribution in [0.25, 0.3) is 0 Å². The second kappa shape index (κ2) is 10.5. The zero-order valence-corrected chi connectivity index (χ0v) is 14.1. The molecule has 0 spiro atoms. The third kappa shape index (κ3) is 7.99. The lowest BCUT2D eigenvalue weighted by Crippen LogP contribution is -2.52. The SMILES string of the molecule is NC(N)=NCCC[C@H](NC(=O)[C@H](Cc1ccccc1)NC(=O)O)C(=O)O. The summed E-state index contributed by atoms with van der Waals surface area (Å²) >= 11 is 0. The first-order valence-electron chi connectivity index (χ1n) is 7.91. The maximum Gasteiger partial charge on any atom is 0.405 e. The van der Waals surface area contributed by atoms with E-state index in [1.807, 2.05) is 0 Å². The number of hydrogen-bond donors (Lipinski definition) is 6. The van der Waals surface area contributed by atoms with Gasteiger partial charge in [0.15, 0.2) is 5.96 Å². The van der Waals surface area contributed by atoms with Gasteiger partial charge in [-0.1, -0.05) is 30.3 Å². The summed E-state index contributed by atoms with van der Waals surface area (Å²) in [5.41, 5.74) is 11.1. The van der Waals surface area contributed by atoms with E-state index in [9.17, 15) is 19.5 Å². The molecule has 1 aromatic carbocycles. The Morgan fingerprint density at radius 2 is 1.69 bits per heavy atom. The van der Waals surface area contributed by atoms with Gasteiger partial charge < -0.3 is 32.3 Å². The number of guanidine groups is 1. The number of rotatable bonds is 10. The summed E-state index contributed by atoms with van der Waals surface area (Å²) in [7, 11) is 0. The second-order valence-electron chi connectivity index (χ2n) is 5.54. The van der Waals surface area contributed by atoms with E-state index in [0.717, 1.165) is 5.56 Å². The lowest BCUT2D eigenvalue weighted by molar-refractivity contribution is -0.142. The summed E-state index contributed by atoms with van der Waals surface area (Å²) in [5.74, 6) is -2.04. The number of carboxylic acids is 1. The van der Waals surface area contributed by atoms with Crippen molar-refractivity contribution in [3.05, 3.63) is 35.9 Å². The van der Waals surface area contributed by atoms with Crippen molar-refractivity contribution in [2.75, 3.05) is 6.54 Å². The Morgan fingerprint density at radius 1 is 1.04 bits per heavy atom. The quantitative estimate of drug-likeness (QED) is 0.183. The molecule has 26 heavy (non-hydrogen) atoms. The van der Waals surface area contributed by atoms with Gasteiger partial charge in [0.2, 0.25) is 5.91 Å². The number of aliphatic imine (C=N–C) groups is 1. The Bertz CT molecular complexity index is 646. The van der Waals surface area contributed by atoms with Gasteiger partial charge in [0.25, 0.3) is 0 Å². The Labute approximate surface area is 150 Å². The minimum Gasteiger partial charge on any atom is -0.480 e. The number of amides is 2. The van der Waals surface area contributed by atoms with Gasteiger partial charge in [-0.2, -0.15) is 0 Å². The number of nitrogens with one attached hydrogen (secondary N) is 2. The number of benzene rings is 1. The standard InChI is InChI=1S/C16H23N5O5/c17-15(18)19-8-4-7-11(14(23)24)20-13(22)12(21-16(25)26)9-10-5-2-1-3-6-10/h1-3,5-6,11-12,21H,4,7-9H2,(H,20,22)(H,23,24)(H,25,26)(H4,17,18,19)/t11-,12-/m0/s1. The normalized spacial score (nSPS) is 12.5. The molecular weight excluding hydrogens is 342 g/mol. The fourth-order valence-electron chi connectivity index (χ4n) is 2.24. The molecule has 10 nitrogen and oxygen atoms in total. The van der Waals surface area contributed by atoms with Crippen molar-refractivity contribution < 1.29 is 24.6 Å². The van der Waals surface area contributed by atoms with E-state index in [2.05, 4.69) is 15.6 Å². The molecule has 1 rings (SSSR count). The van der Waals surface area contributed by atoms with Gasteiger partial charge in [0, 0.05) is 13.0 Å². The van der Waals surface area contributed by atoms with E-state index >= 15 is 0 Å². The Hall–Kier alpha value is -3.30. The maximum atomic E-state index is 12.4. The topological polar surface area (TPSA) is 180 Å². The molecule has 0 saturated heterocycles. The van der Waals surface area contributed by atoms with Crippen LogP contribution in [0.2, 0.25) is 0 Å². The van der Waals surface area contributed by atoms with Crippen LogP contribution in [-0.2, 0) is 16.0 Å². The summed E-state index contributed by atoms with van der Waals surface area (Å²) in [5, 5.41) is 22.6. The summed E-state index contributed by atoms with van der Waals surface area (Å²) in [6.07, 6.45) is -0.839. The zero-order chi connectivity index (χ0) is 19.5. The third-order valence-corrected chi connectivity index (χ3v) is 3.46. The second-order valence-corrected chi connectivity index (χ2v) is 5.54. The molecule has 0 bridgehead atoms. The minimum absolute atomic E-state index is 0.0965. The average Bonchev–Trinajstić information content (AvgIpc) is 2.57. The smallest absolute Gasteiger partial charge is 0.405 e. The molecule has 0 heterocycles. The molecule has 142 valence electrons. The van der Waals surface area contributed by atoms with Gasteiger partial charge in [-0.3, -0.25) is 9.79 Å². The van der Waals surface area contributed by atoms with Crippen LogP contribution in [0, 0.1) is 0 Å². The first kappa shape index (κ1) is 20.7. The highest BCUT2D eigenvalue weighted by atomic mass is 16.4. The Morgan fingerprint density at radius 3 is 2.23 bits per heavy atom. The minimum atomic E-state index is -1.37. The molecule has 0 radical (unpaired) electrons. The fourth-order valence-corrected chi connectivity index (χ4v) is 2.24. The molecule has 1 aromatic rings. The predicted molar refractivity (Wildman–Crippen MR) is 94.6 cm³/mol. The molecule has 0 fully saturated rings. The van der Waals surface area contributed by atoms with E-state index in [1.165, 1.54) is 0 Å². The zero-order valence-electron chi connectivity index (χ0n) is 14.1. The largest absolute Gasteiger partial charge is 0.480 e. The number of nitrogens with two attached hydrogens (primary N) is 2. The van der Waals surface area contributed by atoms with E-state index in [0.29, 0.717) is 6.42 Å². The summed E-state index contributed by atoms with van der Waals surface area (Å²) in [4.78, 5) is 38.4.